The molecule has 0 aliphatic carbocycles. The number of anilines is 1. The van der Waals surface area contributed by atoms with Crippen LogP contribution in [0.3, 0.4) is 0 Å². The van der Waals surface area contributed by atoms with Crippen LogP contribution >= 0.6 is 18.7 Å². The van der Waals surface area contributed by atoms with E-state index in [-0.39, 0.29) is 0 Å². The summed E-state index contributed by atoms with van der Waals surface area (Å²) >= 11 is 6.02. The Morgan fingerprint density at radius 3 is 2.67 bits per heavy atom. The summed E-state index contributed by atoms with van der Waals surface area (Å²) in [6.07, 6.45) is 5.13. The van der Waals surface area contributed by atoms with Crippen molar-refractivity contribution in [1.82, 2.24) is 0 Å². The number of hydrogen-bond acceptors (Lipinski definition) is 2. The van der Waals surface area contributed by atoms with E-state index < -0.39 is 7.14 Å². The van der Waals surface area contributed by atoms with Gasteiger partial charge in [-0.15, -0.1) is 6.42 Å². The maximum absolute atomic E-state index is 11.8. The van der Waals surface area contributed by atoms with Crippen LogP contribution in [-0.4, -0.2) is 19.9 Å². The number of nitrogens with one attached hydrogen (secondary N) is 1. The Morgan fingerprint density at radius 2 is 2.20 bits per heavy atom. The number of halogens is 1. The van der Waals surface area contributed by atoms with Crippen molar-refractivity contribution < 1.29 is 4.57 Å². The van der Waals surface area contributed by atoms with E-state index in [0.29, 0.717) is 11.6 Å². The molecule has 1 N–H and O–H groups in total. The van der Waals surface area contributed by atoms with Crippen LogP contribution in [0.15, 0.2) is 18.2 Å². The van der Waals surface area contributed by atoms with Gasteiger partial charge in [-0.05, 0) is 31.5 Å². The zero-order chi connectivity index (χ0) is 11.5. The summed E-state index contributed by atoms with van der Waals surface area (Å²) in [6, 6.07) is 5.33. The molecule has 1 aromatic rings. The molecule has 0 saturated heterocycles. The van der Waals surface area contributed by atoms with Gasteiger partial charge in [-0.1, -0.05) is 17.5 Å². The molecule has 0 heterocycles. The molecule has 80 valence electrons. The smallest absolute Gasteiger partial charge is 0.109 e. The van der Waals surface area contributed by atoms with E-state index >= 15 is 0 Å². The molecule has 0 radical (unpaired) electrons. The van der Waals surface area contributed by atoms with Gasteiger partial charge in [-0.2, -0.15) is 0 Å². The third kappa shape index (κ3) is 3.30. The molecule has 4 heteroatoms. The molecule has 0 spiro atoms. The molecule has 0 amide bonds. The number of hydrogen-bond donors (Lipinski definition) is 1. The SMILES string of the molecule is C#CCNc1ccc(P(C)(C)=O)cc1Cl. The second kappa shape index (κ2) is 4.75. The monoisotopic (exact) mass is 241 g/mol. The fourth-order valence-electron chi connectivity index (χ4n) is 1.13. The maximum Gasteiger partial charge on any atom is 0.109 e. The topological polar surface area (TPSA) is 29.1 Å². The van der Waals surface area contributed by atoms with Gasteiger partial charge in [0, 0.05) is 5.30 Å². The fraction of sp³-hybridized carbons (Fsp3) is 0.273. The Balaban J connectivity index is 3.00. The highest BCUT2D eigenvalue weighted by Gasteiger charge is 2.12. The van der Waals surface area contributed by atoms with E-state index in [9.17, 15) is 4.57 Å². The molecule has 0 aliphatic heterocycles. The van der Waals surface area contributed by atoms with E-state index in [1.54, 1.807) is 25.5 Å². The van der Waals surface area contributed by atoms with Crippen LogP contribution < -0.4 is 10.6 Å². The van der Waals surface area contributed by atoms with Crippen LogP contribution in [0.5, 0.6) is 0 Å². The third-order valence-corrected chi connectivity index (χ3v) is 3.79. The van der Waals surface area contributed by atoms with Crippen LogP contribution in [0.4, 0.5) is 5.69 Å². The molecule has 15 heavy (non-hydrogen) atoms. The average Bonchev–Trinajstić information content (AvgIpc) is 2.14. The van der Waals surface area contributed by atoms with Gasteiger partial charge in [0.05, 0.1) is 17.3 Å². The van der Waals surface area contributed by atoms with Gasteiger partial charge in [-0.25, -0.2) is 0 Å². The lowest BCUT2D eigenvalue weighted by Gasteiger charge is -2.10. The average molecular weight is 242 g/mol. The zero-order valence-corrected chi connectivity index (χ0v) is 10.4. The van der Waals surface area contributed by atoms with Crippen molar-refractivity contribution in [1.29, 1.82) is 0 Å². The van der Waals surface area contributed by atoms with Crippen LogP contribution in [0, 0.1) is 12.3 Å². The first-order chi connectivity index (χ1) is 6.95. The first kappa shape index (κ1) is 12.2. The van der Waals surface area contributed by atoms with Crippen molar-refractivity contribution >= 4 is 29.7 Å². The minimum absolute atomic E-state index is 0.426. The summed E-state index contributed by atoms with van der Waals surface area (Å²) in [5, 5.41) is 4.31. The molecule has 0 fully saturated rings. The van der Waals surface area contributed by atoms with Crippen LogP contribution in [0.2, 0.25) is 5.02 Å². The summed E-state index contributed by atoms with van der Waals surface area (Å²) in [5.41, 5.74) is 0.770. The maximum atomic E-state index is 11.8. The van der Waals surface area contributed by atoms with Crippen LogP contribution in [-0.2, 0) is 4.57 Å². The summed E-state index contributed by atoms with van der Waals surface area (Å²) < 4.78 is 11.8. The minimum Gasteiger partial charge on any atom is -0.373 e. The summed E-state index contributed by atoms with van der Waals surface area (Å²) in [6.45, 7) is 3.86. The molecule has 0 saturated carbocycles. The van der Waals surface area contributed by atoms with Gasteiger partial charge < -0.3 is 9.88 Å². The lowest BCUT2D eigenvalue weighted by Crippen LogP contribution is -2.05. The lowest BCUT2D eigenvalue weighted by molar-refractivity contribution is 0.588. The van der Waals surface area contributed by atoms with E-state index in [2.05, 4.69) is 11.2 Å². The fourth-order valence-corrected chi connectivity index (χ4v) is 2.33. The van der Waals surface area contributed by atoms with Gasteiger partial charge in [-0.3, -0.25) is 0 Å². The number of benzene rings is 1. The van der Waals surface area contributed by atoms with Gasteiger partial charge in [0.1, 0.15) is 7.14 Å². The largest absolute Gasteiger partial charge is 0.373 e. The molecule has 1 rings (SSSR count). The Hall–Kier alpha value is -0.900. The Bertz CT molecular complexity index is 444. The molecule has 0 unspecified atom stereocenters. The van der Waals surface area contributed by atoms with Crippen molar-refractivity contribution in [3.8, 4) is 12.3 Å². The van der Waals surface area contributed by atoms with E-state index in [4.69, 9.17) is 18.0 Å². The first-order valence-electron chi connectivity index (χ1n) is 4.47. The van der Waals surface area contributed by atoms with Crippen LogP contribution in [0.1, 0.15) is 0 Å². The lowest BCUT2D eigenvalue weighted by atomic mass is 10.3. The predicted octanol–water partition coefficient (Wildman–Crippen LogP) is 2.63. The Morgan fingerprint density at radius 1 is 1.53 bits per heavy atom. The molecule has 1 aromatic carbocycles. The molecule has 0 atom stereocenters. The first-order valence-corrected chi connectivity index (χ1v) is 7.45. The second-order valence-electron chi connectivity index (χ2n) is 3.57. The molecular weight excluding hydrogens is 229 g/mol. The van der Waals surface area contributed by atoms with Gasteiger partial charge >= 0.3 is 0 Å². The van der Waals surface area contributed by atoms with E-state index in [1.165, 1.54) is 0 Å². The highest BCUT2D eigenvalue weighted by Crippen LogP contribution is 2.36. The van der Waals surface area contributed by atoms with Crippen molar-refractivity contribution in [2.75, 3.05) is 25.2 Å². The Labute approximate surface area is 95.4 Å². The standard InChI is InChI=1S/C11H13ClNOP/c1-4-7-13-11-6-5-9(8-10(11)12)15(2,3)14/h1,5-6,8,13H,7H2,2-3H3. The van der Waals surface area contributed by atoms with Crippen molar-refractivity contribution in [3.63, 3.8) is 0 Å². The normalized spacial score (nSPS) is 10.8. The molecule has 0 aromatic heterocycles. The number of rotatable bonds is 3. The summed E-state index contributed by atoms with van der Waals surface area (Å²) in [7, 11) is -2.24. The van der Waals surface area contributed by atoms with Crippen molar-refractivity contribution in [2.24, 2.45) is 0 Å². The minimum atomic E-state index is -2.24. The predicted molar refractivity (Wildman–Crippen MR) is 67.9 cm³/mol. The number of terminal acetylenes is 1. The highest BCUT2D eigenvalue weighted by atomic mass is 35.5. The molecular formula is C11H13ClNOP. The van der Waals surface area contributed by atoms with Gasteiger partial charge in [0.25, 0.3) is 0 Å². The van der Waals surface area contributed by atoms with Crippen molar-refractivity contribution in [3.05, 3.63) is 23.2 Å². The van der Waals surface area contributed by atoms with Crippen molar-refractivity contribution in [2.45, 2.75) is 0 Å². The quantitative estimate of drug-likeness (QED) is 0.651. The molecule has 0 bridgehead atoms. The van der Waals surface area contributed by atoms with E-state index in [0.717, 1.165) is 11.0 Å². The molecule has 2 nitrogen and oxygen atoms in total. The van der Waals surface area contributed by atoms with Crippen LogP contribution in [0.25, 0.3) is 0 Å². The zero-order valence-electron chi connectivity index (χ0n) is 8.75. The van der Waals surface area contributed by atoms with E-state index in [1.807, 2.05) is 6.07 Å². The highest BCUT2D eigenvalue weighted by molar-refractivity contribution is 7.70. The van der Waals surface area contributed by atoms with Gasteiger partial charge in [0.15, 0.2) is 0 Å². The second-order valence-corrected chi connectivity index (χ2v) is 7.20. The summed E-state index contributed by atoms with van der Waals surface area (Å²) in [5.74, 6) is 2.46. The van der Waals surface area contributed by atoms with Gasteiger partial charge in [0.2, 0.25) is 0 Å². The molecule has 0 aliphatic rings. The third-order valence-electron chi connectivity index (χ3n) is 1.96. The summed E-state index contributed by atoms with van der Waals surface area (Å²) in [4.78, 5) is 0. The Kier molecular flexibility index (Phi) is 3.85.